The topological polar surface area (TPSA) is 3.24 Å². The fourth-order valence-corrected chi connectivity index (χ4v) is 4.42. The lowest BCUT2D eigenvalue weighted by Crippen LogP contribution is -2.28. The van der Waals surface area contributed by atoms with Crippen LogP contribution in [0.2, 0.25) is 0 Å². The van der Waals surface area contributed by atoms with Crippen LogP contribution in [0.15, 0.2) is 0 Å². The van der Waals surface area contributed by atoms with Gasteiger partial charge >= 0.3 is 0 Å². The molecule has 0 N–H and O–H groups in total. The van der Waals surface area contributed by atoms with Crippen LogP contribution in [0, 0.1) is 29.1 Å². The molecule has 2 unspecified atom stereocenters. The summed E-state index contributed by atoms with van der Waals surface area (Å²) in [5.41, 5.74) is 0.654. The molecule has 0 aromatic rings. The van der Waals surface area contributed by atoms with E-state index in [1.165, 1.54) is 45.3 Å². The second-order valence-electron chi connectivity index (χ2n) is 7.14. The molecule has 3 rings (SSSR count). The van der Waals surface area contributed by atoms with Crippen LogP contribution in [0.1, 0.15) is 46.5 Å². The minimum absolute atomic E-state index is 0.654. The minimum Gasteiger partial charge on any atom is -0.303 e. The average Bonchev–Trinajstić information content (AvgIpc) is 2.91. The van der Waals surface area contributed by atoms with Gasteiger partial charge in [0.2, 0.25) is 0 Å². The highest BCUT2D eigenvalue weighted by molar-refractivity contribution is 5.00. The van der Waals surface area contributed by atoms with Gasteiger partial charge in [-0.25, -0.2) is 0 Å². The van der Waals surface area contributed by atoms with E-state index in [2.05, 4.69) is 25.7 Å². The average molecular weight is 221 g/mol. The second-order valence-corrected chi connectivity index (χ2v) is 7.14. The van der Waals surface area contributed by atoms with Crippen LogP contribution in [0.25, 0.3) is 0 Å². The maximum absolute atomic E-state index is 2.66. The van der Waals surface area contributed by atoms with Gasteiger partial charge in [-0.3, -0.25) is 0 Å². The number of nitrogens with zero attached hydrogens (tertiary/aromatic N) is 1. The summed E-state index contributed by atoms with van der Waals surface area (Å²) in [6, 6.07) is 0. The summed E-state index contributed by atoms with van der Waals surface area (Å²) < 4.78 is 0. The Hall–Kier alpha value is -0.0400. The molecule has 2 saturated carbocycles. The summed E-state index contributed by atoms with van der Waals surface area (Å²) in [6.07, 6.45) is 6.09. The third kappa shape index (κ3) is 1.72. The molecular weight excluding hydrogens is 194 g/mol. The van der Waals surface area contributed by atoms with E-state index in [9.17, 15) is 0 Å². The van der Waals surface area contributed by atoms with Gasteiger partial charge in [0.15, 0.2) is 0 Å². The number of hydrogen-bond donors (Lipinski definition) is 0. The Bertz CT molecular complexity index is 253. The smallest absolute Gasteiger partial charge is 0.00129 e. The van der Waals surface area contributed by atoms with E-state index in [1.807, 2.05) is 0 Å². The van der Waals surface area contributed by atoms with Crippen molar-refractivity contribution in [1.29, 1.82) is 0 Å². The number of hydrogen-bond acceptors (Lipinski definition) is 1. The molecule has 3 aliphatic rings. The quantitative estimate of drug-likeness (QED) is 0.706. The normalized spacial score (nSPS) is 40.3. The number of likely N-dealkylation sites (tertiary alicyclic amines) is 1. The molecular formula is C15H27N. The lowest BCUT2D eigenvalue weighted by Gasteiger charge is -2.33. The molecule has 0 spiro atoms. The zero-order chi connectivity index (χ0) is 11.3. The molecule has 92 valence electrons. The van der Waals surface area contributed by atoms with Gasteiger partial charge in [-0.05, 0) is 61.3 Å². The molecule has 1 heterocycles. The van der Waals surface area contributed by atoms with Crippen LogP contribution in [0.4, 0.5) is 0 Å². The molecule has 1 saturated heterocycles. The second kappa shape index (κ2) is 3.73. The first-order chi connectivity index (χ1) is 7.61. The summed E-state index contributed by atoms with van der Waals surface area (Å²) >= 11 is 0. The summed E-state index contributed by atoms with van der Waals surface area (Å²) in [4.78, 5) is 2.66. The fourth-order valence-electron chi connectivity index (χ4n) is 4.42. The monoisotopic (exact) mass is 221 g/mol. The maximum Gasteiger partial charge on any atom is 0.00129 e. The van der Waals surface area contributed by atoms with Crippen molar-refractivity contribution in [2.45, 2.75) is 46.5 Å². The van der Waals surface area contributed by atoms with Gasteiger partial charge in [0.1, 0.15) is 0 Å². The van der Waals surface area contributed by atoms with Crippen LogP contribution >= 0.6 is 0 Å². The predicted octanol–water partition coefficient (Wildman–Crippen LogP) is 3.40. The van der Waals surface area contributed by atoms with Gasteiger partial charge in [0, 0.05) is 13.1 Å². The summed E-state index contributed by atoms with van der Waals surface area (Å²) in [5.74, 6) is 4.19. The first-order valence-corrected chi connectivity index (χ1v) is 7.33. The van der Waals surface area contributed by atoms with Crippen LogP contribution in [0.5, 0.6) is 0 Å². The van der Waals surface area contributed by atoms with Crippen LogP contribution in [-0.2, 0) is 0 Å². The zero-order valence-corrected chi connectivity index (χ0v) is 11.2. The van der Waals surface area contributed by atoms with Gasteiger partial charge < -0.3 is 4.90 Å². The third-order valence-electron chi connectivity index (χ3n) is 5.96. The number of rotatable bonds is 3. The van der Waals surface area contributed by atoms with Crippen molar-refractivity contribution >= 4 is 0 Å². The molecule has 2 aliphatic carbocycles. The standard InChI is InChI=1S/C15H27N/c1-4-16-9-11-7-14(8-12(11)10-16)15(2,3)13-5-6-13/h11-14H,4-10H2,1-3H3. The fraction of sp³-hybridized carbons (Fsp3) is 1.00. The highest BCUT2D eigenvalue weighted by Crippen LogP contribution is 2.57. The van der Waals surface area contributed by atoms with Crippen molar-refractivity contribution in [2.24, 2.45) is 29.1 Å². The Morgan fingerprint density at radius 1 is 1.00 bits per heavy atom. The molecule has 1 heteroatoms. The van der Waals surface area contributed by atoms with Gasteiger partial charge in [-0.2, -0.15) is 0 Å². The summed E-state index contributed by atoms with van der Waals surface area (Å²) in [6.45, 7) is 11.5. The van der Waals surface area contributed by atoms with Crippen molar-refractivity contribution in [3.05, 3.63) is 0 Å². The Morgan fingerprint density at radius 3 is 2.00 bits per heavy atom. The van der Waals surface area contributed by atoms with Gasteiger partial charge in [-0.15, -0.1) is 0 Å². The first kappa shape index (κ1) is 11.1. The Kier molecular flexibility index (Phi) is 2.58. The first-order valence-electron chi connectivity index (χ1n) is 7.33. The van der Waals surface area contributed by atoms with Crippen molar-refractivity contribution in [2.75, 3.05) is 19.6 Å². The summed E-state index contributed by atoms with van der Waals surface area (Å²) in [5, 5.41) is 0. The zero-order valence-electron chi connectivity index (χ0n) is 11.2. The lowest BCUT2D eigenvalue weighted by molar-refractivity contribution is 0.161. The van der Waals surface area contributed by atoms with Gasteiger partial charge in [0.25, 0.3) is 0 Å². The van der Waals surface area contributed by atoms with E-state index >= 15 is 0 Å². The van der Waals surface area contributed by atoms with Gasteiger partial charge in [-0.1, -0.05) is 20.8 Å². The highest BCUT2D eigenvalue weighted by Gasteiger charge is 2.50. The Balaban J connectivity index is 1.63. The van der Waals surface area contributed by atoms with E-state index < -0.39 is 0 Å². The van der Waals surface area contributed by atoms with Gasteiger partial charge in [0.05, 0.1) is 0 Å². The van der Waals surface area contributed by atoms with Crippen molar-refractivity contribution in [3.63, 3.8) is 0 Å². The maximum atomic E-state index is 2.66. The molecule has 2 atom stereocenters. The molecule has 3 fully saturated rings. The Labute approximate surface area is 101 Å². The molecule has 0 aromatic heterocycles. The van der Waals surface area contributed by atoms with E-state index in [0.717, 1.165) is 23.7 Å². The molecule has 1 nitrogen and oxygen atoms in total. The third-order valence-corrected chi connectivity index (χ3v) is 5.96. The van der Waals surface area contributed by atoms with Crippen LogP contribution in [0.3, 0.4) is 0 Å². The molecule has 0 bridgehead atoms. The van der Waals surface area contributed by atoms with E-state index in [1.54, 1.807) is 0 Å². The van der Waals surface area contributed by atoms with E-state index in [0.29, 0.717) is 5.41 Å². The SMILES string of the molecule is CCN1CC2CC(C(C)(C)C3CC3)CC2C1. The number of fused-ring (bicyclic) bond motifs is 1. The van der Waals surface area contributed by atoms with Crippen LogP contribution in [-0.4, -0.2) is 24.5 Å². The van der Waals surface area contributed by atoms with E-state index in [4.69, 9.17) is 0 Å². The predicted molar refractivity (Wildman–Crippen MR) is 68.3 cm³/mol. The Morgan fingerprint density at radius 2 is 1.56 bits per heavy atom. The van der Waals surface area contributed by atoms with Crippen molar-refractivity contribution in [1.82, 2.24) is 4.90 Å². The largest absolute Gasteiger partial charge is 0.303 e. The molecule has 16 heavy (non-hydrogen) atoms. The van der Waals surface area contributed by atoms with E-state index in [-0.39, 0.29) is 0 Å². The van der Waals surface area contributed by atoms with Crippen molar-refractivity contribution < 1.29 is 0 Å². The molecule has 0 amide bonds. The lowest BCUT2D eigenvalue weighted by atomic mass is 9.73. The minimum atomic E-state index is 0.654. The van der Waals surface area contributed by atoms with Crippen molar-refractivity contribution in [3.8, 4) is 0 Å². The molecule has 0 aromatic carbocycles. The molecule has 1 aliphatic heterocycles. The summed E-state index contributed by atoms with van der Waals surface area (Å²) in [7, 11) is 0. The highest BCUT2D eigenvalue weighted by atomic mass is 15.1. The molecule has 0 radical (unpaired) electrons. The van der Waals surface area contributed by atoms with Crippen LogP contribution < -0.4 is 0 Å².